The van der Waals surface area contributed by atoms with Crippen molar-refractivity contribution in [2.75, 3.05) is 6.54 Å². The van der Waals surface area contributed by atoms with Crippen molar-refractivity contribution in [2.45, 2.75) is 12.5 Å². The minimum Gasteiger partial charge on any atom is -0.508 e. The third-order valence-electron chi connectivity index (χ3n) is 2.03. The summed E-state index contributed by atoms with van der Waals surface area (Å²) < 4.78 is 0. The highest BCUT2D eigenvalue weighted by molar-refractivity contribution is 5.39. The lowest BCUT2D eigenvalue weighted by Gasteiger charge is -2.11. The Morgan fingerprint density at radius 2 is 2.21 bits per heavy atom. The zero-order valence-corrected chi connectivity index (χ0v) is 7.77. The first kappa shape index (κ1) is 10.5. The standard InChI is InChI=1S/C10H13N3O/c11-4-3-7-1-2-10(14)8(5-7)9(13)6-12/h1-2,5,9,14H,3,6,12-13H2/t9-/m0/s1. The molecular formula is C10H13N3O. The molecule has 0 aliphatic heterocycles. The maximum absolute atomic E-state index is 9.49. The van der Waals surface area contributed by atoms with Gasteiger partial charge in [0.05, 0.1) is 12.5 Å². The van der Waals surface area contributed by atoms with E-state index in [1.165, 1.54) is 6.07 Å². The fourth-order valence-corrected chi connectivity index (χ4v) is 1.23. The Morgan fingerprint density at radius 1 is 1.50 bits per heavy atom. The van der Waals surface area contributed by atoms with Crippen LogP contribution in [-0.2, 0) is 6.42 Å². The van der Waals surface area contributed by atoms with E-state index in [4.69, 9.17) is 16.7 Å². The largest absolute Gasteiger partial charge is 0.508 e. The van der Waals surface area contributed by atoms with E-state index in [0.29, 0.717) is 12.0 Å². The molecule has 0 unspecified atom stereocenters. The van der Waals surface area contributed by atoms with Gasteiger partial charge in [0.25, 0.3) is 0 Å². The summed E-state index contributed by atoms with van der Waals surface area (Å²) in [4.78, 5) is 0. The summed E-state index contributed by atoms with van der Waals surface area (Å²) in [5.41, 5.74) is 12.5. The lowest BCUT2D eigenvalue weighted by Crippen LogP contribution is -2.20. The monoisotopic (exact) mass is 191 g/mol. The SMILES string of the molecule is N#CCc1ccc(O)c([C@@H](N)CN)c1. The Balaban J connectivity index is 3.03. The van der Waals surface area contributed by atoms with Gasteiger partial charge in [-0.2, -0.15) is 5.26 Å². The van der Waals surface area contributed by atoms with Crippen LogP contribution in [0.2, 0.25) is 0 Å². The van der Waals surface area contributed by atoms with Gasteiger partial charge in [0.2, 0.25) is 0 Å². The lowest BCUT2D eigenvalue weighted by atomic mass is 10.0. The second-order valence-corrected chi connectivity index (χ2v) is 3.07. The zero-order valence-electron chi connectivity index (χ0n) is 7.77. The molecule has 4 nitrogen and oxygen atoms in total. The molecule has 74 valence electrons. The third kappa shape index (κ3) is 2.22. The normalized spacial score (nSPS) is 12.1. The number of hydrogen-bond acceptors (Lipinski definition) is 4. The molecule has 4 heteroatoms. The van der Waals surface area contributed by atoms with Crippen molar-refractivity contribution < 1.29 is 5.11 Å². The summed E-state index contributed by atoms with van der Waals surface area (Å²) in [6.45, 7) is 0.267. The average Bonchev–Trinajstić information content (AvgIpc) is 2.20. The molecule has 1 aromatic rings. The maximum Gasteiger partial charge on any atom is 0.120 e. The molecule has 0 bridgehead atoms. The van der Waals surface area contributed by atoms with Crippen molar-refractivity contribution in [1.29, 1.82) is 5.26 Å². The first-order chi connectivity index (χ1) is 6.69. The van der Waals surface area contributed by atoms with Crippen molar-refractivity contribution in [3.05, 3.63) is 29.3 Å². The number of benzene rings is 1. The number of aromatic hydroxyl groups is 1. The number of hydrogen-bond donors (Lipinski definition) is 3. The van der Waals surface area contributed by atoms with Crippen LogP contribution in [0.25, 0.3) is 0 Å². The molecule has 0 fully saturated rings. The van der Waals surface area contributed by atoms with Crippen LogP contribution in [0, 0.1) is 11.3 Å². The van der Waals surface area contributed by atoms with E-state index in [1.807, 2.05) is 6.07 Å². The molecule has 0 heterocycles. The average molecular weight is 191 g/mol. The molecule has 5 N–H and O–H groups in total. The molecule has 0 saturated carbocycles. The molecule has 1 aromatic carbocycles. The third-order valence-corrected chi connectivity index (χ3v) is 2.03. The molecule has 0 aliphatic rings. The van der Waals surface area contributed by atoms with Crippen molar-refractivity contribution in [3.63, 3.8) is 0 Å². The van der Waals surface area contributed by atoms with E-state index in [0.717, 1.165) is 5.56 Å². The summed E-state index contributed by atoms with van der Waals surface area (Å²) >= 11 is 0. The Bertz CT molecular complexity index is 357. The summed E-state index contributed by atoms with van der Waals surface area (Å²) in [5, 5.41) is 18.0. The van der Waals surface area contributed by atoms with Crippen LogP contribution >= 0.6 is 0 Å². The highest BCUT2D eigenvalue weighted by Crippen LogP contribution is 2.23. The fraction of sp³-hybridized carbons (Fsp3) is 0.300. The molecule has 1 rings (SSSR count). The van der Waals surface area contributed by atoms with Gasteiger partial charge in [-0.05, 0) is 17.7 Å². The first-order valence-corrected chi connectivity index (χ1v) is 4.33. The first-order valence-electron chi connectivity index (χ1n) is 4.33. The lowest BCUT2D eigenvalue weighted by molar-refractivity contribution is 0.461. The van der Waals surface area contributed by atoms with Crippen molar-refractivity contribution >= 4 is 0 Å². The predicted molar refractivity (Wildman–Crippen MR) is 53.4 cm³/mol. The number of nitriles is 1. The molecule has 0 amide bonds. The molecule has 0 radical (unpaired) electrons. The van der Waals surface area contributed by atoms with Crippen LogP contribution < -0.4 is 11.5 Å². The Kier molecular flexibility index (Phi) is 3.46. The zero-order chi connectivity index (χ0) is 10.6. The number of phenols is 1. The number of nitrogens with zero attached hydrogens (tertiary/aromatic N) is 1. The minimum atomic E-state index is -0.381. The predicted octanol–water partition coefficient (Wildman–Crippen LogP) is 0.417. The summed E-state index contributed by atoms with van der Waals surface area (Å²) in [6.07, 6.45) is 0.310. The van der Waals surface area contributed by atoms with Gasteiger partial charge in [0.15, 0.2) is 0 Å². The van der Waals surface area contributed by atoms with Crippen molar-refractivity contribution in [3.8, 4) is 11.8 Å². The smallest absolute Gasteiger partial charge is 0.120 e. The topological polar surface area (TPSA) is 96.1 Å². The van der Waals surface area contributed by atoms with Gasteiger partial charge in [0, 0.05) is 18.2 Å². The van der Waals surface area contributed by atoms with E-state index in [-0.39, 0.29) is 18.3 Å². The number of rotatable bonds is 3. The van der Waals surface area contributed by atoms with E-state index in [9.17, 15) is 5.11 Å². The van der Waals surface area contributed by atoms with Crippen molar-refractivity contribution in [2.24, 2.45) is 11.5 Å². The molecule has 0 aliphatic carbocycles. The van der Waals surface area contributed by atoms with Crippen LogP contribution in [0.15, 0.2) is 18.2 Å². The van der Waals surface area contributed by atoms with Crippen molar-refractivity contribution in [1.82, 2.24) is 0 Å². The second kappa shape index (κ2) is 4.61. The number of nitrogens with two attached hydrogens (primary N) is 2. The molecule has 0 spiro atoms. The van der Waals surface area contributed by atoms with Gasteiger partial charge in [-0.3, -0.25) is 0 Å². The van der Waals surface area contributed by atoms with Gasteiger partial charge in [-0.25, -0.2) is 0 Å². The van der Waals surface area contributed by atoms with Gasteiger partial charge in [-0.1, -0.05) is 6.07 Å². The molecule has 14 heavy (non-hydrogen) atoms. The maximum atomic E-state index is 9.49. The molecule has 0 aromatic heterocycles. The van der Waals surface area contributed by atoms with E-state index < -0.39 is 0 Å². The van der Waals surface area contributed by atoms with E-state index >= 15 is 0 Å². The van der Waals surface area contributed by atoms with Gasteiger partial charge < -0.3 is 16.6 Å². The van der Waals surface area contributed by atoms with E-state index in [2.05, 4.69) is 0 Å². The summed E-state index contributed by atoms with van der Waals surface area (Å²) in [6, 6.07) is 6.61. The van der Waals surface area contributed by atoms with Crippen LogP contribution in [0.5, 0.6) is 5.75 Å². The van der Waals surface area contributed by atoms with Crippen LogP contribution in [0.1, 0.15) is 17.2 Å². The Hall–Kier alpha value is -1.57. The highest BCUT2D eigenvalue weighted by Gasteiger charge is 2.09. The van der Waals surface area contributed by atoms with Gasteiger partial charge in [-0.15, -0.1) is 0 Å². The Morgan fingerprint density at radius 3 is 2.79 bits per heavy atom. The van der Waals surface area contributed by atoms with Gasteiger partial charge >= 0.3 is 0 Å². The quantitative estimate of drug-likeness (QED) is 0.645. The molecule has 0 saturated heterocycles. The number of phenolic OH excluding ortho intramolecular Hbond substituents is 1. The second-order valence-electron chi connectivity index (χ2n) is 3.07. The Labute approximate surface area is 82.8 Å². The molecular weight excluding hydrogens is 178 g/mol. The van der Waals surface area contributed by atoms with E-state index in [1.54, 1.807) is 12.1 Å². The molecule has 1 atom stereocenters. The fourth-order valence-electron chi connectivity index (χ4n) is 1.23. The van der Waals surface area contributed by atoms with Crippen LogP contribution in [0.3, 0.4) is 0 Å². The van der Waals surface area contributed by atoms with Crippen LogP contribution in [0.4, 0.5) is 0 Å². The highest BCUT2D eigenvalue weighted by atomic mass is 16.3. The summed E-state index contributed by atoms with van der Waals surface area (Å²) in [7, 11) is 0. The van der Waals surface area contributed by atoms with Crippen LogP contribution in [-0.4, -0.2) is 11.7 Å². The summed E-state index contributed by atoms with van der Waals surface area (Å²) in [5.74, 6) is 0.129. The minimum absolute atomic E-state index is 0.129. The van der Waals surface area contributed by atoms with Gasteiger partial charge in [0.1, 0.15) is 5.75 Å².